The normalized spacial score (nSPS) is 12.5. The molecule has 100 valence electrons. The van der Waals surface area contributed by atoms with Crippen LogP contribution < -0.4 is 11.3 Å². The second-order valence-corrected chi connectivity index (χ2v) is 4.61. The Morgan fingerprint density at radius 2 is 1.74 bits per heavy atom. The second kappa shape index (κ2) is 5.47. The third-order valence-electron chi connectivity index (χ3n) is 3.24. The van der Waals surface area contributed by atoms with E-state index in [9.17, 15) is 8.78 Å². The molecular weight excluding hydrogens is 246 g/mol. The molecule has 2 aromatic rings. The van der Waals surface area contributed by atoms with E-state index in [4.69, 9.17) is 5.84 Å². The van der Waals surface area contributed by atoms with Crippen LogP contribution in [0.25, 0.3) is 0 Å². The van der Waals surface area contributed by atoms with Crippen molar-refractivity contribution in [3.8, 4) is 0 Å². The molecule has 0 aromatic heterocycles. The first-order valence-corrected chi connectivity index (χ1v) is 6.01. The first-order valence-electron chi connectivity index (χ1n) is 6.01. The number of hydrazine groups is 1. The molecule has 0 radical (unpaired) electrons. The van der Waals surface area contributed by atoms with Crippen LogP contribution in [0.2, 0.25) is 0 Å². The maximum absolute atomic E-state index is 13.6. The Kier molecular flexibility index (Phi) is 3.93. The van der Waals surface area contributed by atoms with Crippen LogP contribution in [0.5, 0.6) is 0 Å². The second-order valence-electron chi connectivity index (χ2n) is 4.61. The van der Waals surface area contributed by atoms with E-state index in [1.807, 2.05) is 6.07 Å². The molecule has 1 unspecified atom stereocenters. The number of hydrogen-bond acceptors (Lipinski definition) is 2. The molecule has 0 fully saturated rings. The van der Waals surface area contributed by atoms with Gasteiger partial charge in [0.1, 0.15) is 11.6 Å². The van der Waals surface area contributed by atoms with Crippen molar-refractivity contribution in [1.29, 1.82) is 0 Å². The number of rotatable bonds is 3. The number of benzene rings is 2. The van der Waals surface area contributed by atoms with Crippen molar-refractivity contribution in [3.63, 3.8) is 0 Å². The van der Waals surface area contributed by atoms with E-state index in [1.165, 1.54) is 18.2 Å². The van der Waals surface area contributed by atoms with Crippen molar-refractivity contribution < 1.29 is 8.78 Å². The smallest absolute Gasteiger partial charge is 0.126 e. The summed E-state index contributed by atoms with van der Waals surface area (Å²) in [6.45, 7) is 3.50. The predicted molar refractivity (Wildman–Crippen MR) is 71.4 cm³/mol. The number of hydrogen-bond donors (Lipinski definition) is 2. The van der Waals surface area contributed by atoms with Gasteiger partial charge in [0.05, 0.1) is 6.04 Å². The van der Waals surface area contributed by atoms with E-state index in [1.54, 1.807) is 26.0 Å². The first-order chi connectivity index (χ1) is 9.02. The van der Waals surface area contributed by atoms with Gasteiger partial charge in [0, 0.05) is 0 Å². The fourth-order valence-corrected chi connectivity index (χ4v) is 2.12. The summed E-state index contributed by atoms with van der Waals surface area (Å²) in [6, 6.07) is 9.06. The average Bonchev–Trinajstić information content (AvgIpc) is 2.37. The molecule has 2 nitrogen and oxygen atoms in total. The summed E-state index contributed by atoms with van der Waals surface area (Å²) in [7, 11) is 0. The van der Waals surface area contributed by atoms with Gasteiger partial charge < -0.3 is 0 Å². The summed E-state index contributed by atoms with van der Waals surface area (Å²) in [5.41, 5.74) is 5.53. The molecule has 0 heterocycles. The van der Waals surface area contributed by atoms with E-state index >= 15 is 0 Å². The van der Waals surface area contributed by atoms with Crippen molar-refractivity contribution in [3.05, 3.63) is 70.3 Å². The van der Waals surface area contributed by atoms with E-state index in [2.05, 4.69) is 5.43 Å². The minimum atomic E-state index is -0.365. The Morgan fingerprint density at radius 3 is 2.32 bits per heavy atom. The topological polar surface area (TPSA) is 38.0 Å². The van der Waals surface area contributed by atoms with Gasteiger partial charge in [-0.25, -0.2) is 14.2 Å². The maximum Gasteiger partial charge on any atom is 0.126 e. The van der Waals surface area contributed by atoms with Crippen LogP contribution >= 0.6 is 0 Å². The molecule has 2 rings (SSSR count). The van der Waals surface area contributed by atoms with Crippen LogP contribution in [0.3, 0.4) is 0 Å². The third-order valence-corrected chi connectivity index (χ3v) is 3.24. The highest BCUT2D eigenvalue weighted by Crippen LogP contribution is 2.26. The monoisotopic (exact) mass is 262 g/mol. The quantitative estimate of drug-likeness (QED) is 0.658. The van der Waals surface area contributed by atoms with Crippen LogP contribution in [0.15, 0.2) is 36.4 Å². The van der Waals surface area contributed by atoms with Crippen LogP contribution in [-0.4, -0.2) is 0 Å². The van der Waals surface area contributed by atoms with Gasteiger partial charge in [0.25, 0.3) is 0 Å². The van der Waals surface area contributed by atoms with Crippen LogP contribution in [-0.2, 0) is 0 Å². The van der Waals surface area contributed by atoms with Gasteiger partial charge in [-0.15, -0.1) is 0 Å². The Morgan fingerprint density at radius 1 is 1.00 bits per heavy atom. The fraction of sp³-hybridized carbons (Fsp3) is 0.200. The number of halogens is 2. The molecule has 1 atom stereocenters. The Hall–Kier alpha value is -1.78. The Labute approximate surface area is 111 Å². The van der Waals surface area contributed by atoms with Crippen LogP contribution in [0.4, 0.5) is 8.78 Å². The van der Waals surface area contributed by atoms with Gasteiger partial charge in [-0.05, 0) is 54.3 Å². The first kappa shape index (κ1) is 13.6. The third kappa shape index (κ3) is 2.80. The summed E-state index contributed by atoms with van der Waals surface area (Å²) in [4.78, 5) is 0. The molecule has 4 heteroatoms. The zero-order chi connectivity index (χ0) is 14.0. The van der Waals surface area contributed by atoms with Gasteiger partial charge in [-0.1, -0.05) is 18.2 Å². The van der Waals surface area contributed by atoms with Crippen molar-refractivity contribution in [2.75, 3.05) is 0 Å². The fourth-order valence-electron chi connectivity index (χ4n) is 2.12. The summed E-state index contributed by atoms with van der Waals surface area (Å²) >= 11 is 0. The molecule has 0 saturated heterocycles. The lowest BCUT2D eigenvalue weighted by molar-refractivity contribution is 0.594. The van der Waals surface area contributed by atoms with E-state index in [-0.39, 0.29) is 17.7 Å². The van der Waals surface area contributed by atoms with Gasteiger partial charge in [-0.2, -0.15) is 0 Å². The molecule has 2 aromatic carbocycles. The van der Waals surface area contributed by atoms with Crippen molar-refractivity contribution >= 4 is 0 Å². The molecule has 19 heavy (non-hydrogen) atoms. The molecule has 3 N–H and O–H groups in total. The minimum absolute atomic E-state index is 0.280. The molecule has 0 aliphatic carbocycles. The summed E-state index contributed by atoms with van der Waals surface area (Å²) in [5.74, 6) is 4.99. The molecule has 0 saturated carbocycles. The molecule has 0 bridgehead atoms. The largest absolute Gasteiger partial charge is 0.271 e. The van der Waals surface area contributed by atoms with Crippen LogP contribution in [0, 0.1) is 25.5 Å². The van der Waals surface area contributed by atoms with Crippen LogP contribution in [0.1, 0.15) is 28.3 Å². The average molecular weight is 262 g/mol. The van der Waals surface area contributed by atoms with Gasteiger partial charge in [0.15, 0.2) is 0 Å². The molecule has 0 spiro atoms. The zero-order valence-corrected chi connectivity index (χ0v) is 10.9. The lowest BCUT2D eigenvalue weighted by Crippen LogP contribution is -2.29. The SMILES string of the molecule is Cc1ccc(C(NN)c2ccc(F)cc2C)cc1F. The predicted octanol–water partition coefficient (Wildman–Crippen LogP) is 3.13. The highest BCUT2D eigenvalue weighted by Gasteiger charge is 2.16. The molecular formula is C15H16F2N2. The lowest BCUT2D eigenvalue weighted by Gasteiger charge is -2.19. The summed E-state index contributed by atoms with van der Waals surface area (Å²) in [6.07, 6.45) is 0. The van der Waals surface area contributed by atoms with Crippen molar-refractivity contribution in [2.45, 2.75) is 19.9 Å². The van der Waals surface area contributed by atoms with Crippen molar-refractivity contribution in [1.82, 2.24) is 5.43 Å². The maximum atomic E-state index is 13.6. The highest BCUT2D eigenvalue weighted by atomic mass is 19.1. The zero-order valence-electron chi connectivity index (χ0n) is 10.9. The minimum Gasteiger partial charge on any atom is -0.271 e. The van der Waals surface area contributed by atoms with Gasteiger partial charge in [0.2, 0.25) is 0 Å². The Bertz CT molecular complexity index is 597. The Balaban J connectivity index is 2.46. The van der Waals surface area contributed by atoms with E-state index in [0.717, 1.165) is 11.1 Å². The van der Waals surface area contributed by atoms with E-state index in [0.29, 0.717) is 11.1 Å². The van der Waals surface area contributed by atoms with E-state index < -0.39 is 0 Å². The summed E-state index contributed by atoms with van der Waals surface area (Å²) in [5, 5.41) is 0. The number of aryl methyl sites for hydroxylation is 2. The number of nitrogens with two attached hydrogens (primary N) is 1. The number of nitrogens with one attached hydrogen (secondary N) is 1. The molecule has 0 amide bonds. The van der Waals surface area contributed by atoms with Gasteiger partial charge >= 0.3 is 0 Å². The molecule has 0 aliphatic heterocycles. The van der Waals surface area contributed by atoms with Gasteiger partial charge in [-0.3, -0.25) is 5.84 Å². The summed E-state index contributed by atoms with van der Waals surface area (Å²) < 4.78 is 26.8. The highest BCUT2D eigenvalue weighted by molar-refractivity contribution is 5.38. The van der Waals surface area contributed by atoms with Crippen molar-refractivity contribution in [2.24, 2.45) is 5.84 Å². The molecule has 0 aliphatic rings. The standard InChI is InChI=1S/C15H16F2N2/c1-9-3-4-11(8-14(9)17)15(19-18)13-6-5-12(16)7-10(13)2/h3-8,15,19H,18H2,1-2H3. The lowest BCUT2D eigenvalue weighted by atomic mass is 9.94.